The van der Waals surface area contributed by atoms with Crippen LogP contribution in [-0.2, 0) is 11.3 Å². The van der Waals surface area contributed by atoms with Crippen LogP contribution in [0.25, 0.3) is 0 Å². The molecule has 1 rings (SSSR count). The van der Waals surface area contributed by atoms with Crippen LogP contribution in [0.1, 0.15) is 17.7 Å². The first kappa shape index (κ1) is 12.7. The summed E-state index contributed by atoms with van der Waals surface area (Å²) in [5.74, 6) is 0.107. The van der Waals surface area contributed by atoms with Gasteiger partial charge >= 0.3 is 0 Å². The van der Waals surface area contributed by atoms with Gasteiger partial charge in [-0.1, -0.05) is 0 Å². The number of hydrogen-bond donors (Lipinski definition) is 2. The number of carbonyl (C=O) groups excluding carboxylic acids is 1. The second-order valence-electron chi connectivity index (χ2n) is 3.16. The van der Waals surface area contributed by atoms with Gasteiger partial charge in [-0.25, -0.2) is 0 Å². The Kier molecular flexibility index (Phi) is 5.90. The molecule has 15 heavy (non-hydrogen) atoms. The molecule has 0 atom stereocenters. The largest absolute Gasteiger partial charge is 0.359 e. The molecular formula is C10H15BrN2OS. The number of rotatable bonds is 6. The van der Waals surface area contributed by atoms with Crippen molar-refractivity contribution >= 4 is 33.2 Å². The summed E-state index contributed by atoms with van der Waals surface area (Å²) < 4.78 is 1.16. The fourth-order valence-corrected chi connectivity index (χ4v) is 2.61. The standard InChI is InChI=1S/C10H15BrN2OS/c1-12-10(14)3-2-6-13-7-8-4-5-9(11)15-8/h4-5,13H,2-3,6-7H2,1H3,(H,12,14). The predicted molar refractivity (Wildman–Crippen MR) is 67.0 cm³/mol. The zero-order chi connectivity index (χ0) is 11.1. The third-order valence-corrected chi connectivity index (χ3v) is 3.59. The summed E-state index contributed by atoms with van der Waals surface area (Å²) in [6, 6.07) is 4.15. The van der Waals surface area contributed by atoms with Gasteiger partial charge in [0, 0.05) is 24.9 Å². The molecule has 0 unspecified atom stereocenters. The van der Waals surface area contributed by atoms with Crippen LogP contribution in [0.3, 0.4) is 0 Å². The number of carbonyl (C=O) groups is 1. The Morgan fingerprint density at radius 1 is 1.53 bits per heavy atom. The van der Waals surface area contributed by atoms with E-state index in [0.717, 1.165) is 23.3 Å². The summed E-state index contributed by atoms with van der Waals surface area (Å²) in [6.07, 6.45) is 1.48. The monoisotopic (exact) mass is 290 g/mol. The quantitative estimate of drug-likeness (QED) is 0.788. The van der Waals surface area contributed by atoms with Crippen molar-refractivity contribution in [2.45, 2.75) is 19.4 Å². The van der Waals surface area contributed by atoms with E-state index in [0.29, 0.717) is 6.42 Å². The fraction of sp³-hybridized carbons (Fsp3) is 0.500. The Morgan fingerprint density at radius 3 is 2.93 bits per heavy atom. The average molecular weight is 291 g/mol. The lowest BCUT2D eigenvalue weighted by Crippen LogP contribution is -2.20. The second-order valence-corrected chi connectivity index (χ2v) is 5.71. The zero-order valence-electron chi connectivity index (χ0n) is 8.68. The Hall–Kier alpha value is -0.390. The highest BCUT2D eigenvalue weighted by molar-refractivity contribution is 9.11. The van der Waals surface area contributed by atoms with E-state index in [9.17, 15) is 4.79 Å². The topological polar surface area (TPSA) is 41.1 Å². The van der Waals surface area contributed by atoms with E-state index in [-0.39, 0.29) is 5.91 Å². The van der Waals surface area contributed by atoms with Crippen molar-refractivity contribution in [3.05, 3.63) is 20.8 Å². The third kappa shape index (κ3) is 5.30. The first-order chi connectivity index (χ1) is 7.22. The summed E-state index contributed by atoms with van der Waals surface area (Å²) in [6.45, 7) is 1.76. The highest BCUT2D eigenvalue weighted by Crippen LogP contribution is 2.21. The van der Waals surface area contributed by atoms with Gasteiger partial charge in [0.25, 0.3) is 0 Å². The highest BCUT2D eigenvalue weighted by atomic mass is 79.9. The van der Waals surface area contributed by atoms with Crippen molar-refractivity contribution in [3.63, 3.8) is 0 Å². The van der Waals surface area contributed by atoms with E-state index in [1.807, 2.05) is 6.07 Å². The Labute approximate surface area is 102 Å². The average Bonchev–Trinajstić information content (AvgIpc) is 2.63. The fourth-order valence-electron chi connectivity index (χ4n) is 1.16. The van der Waals surface area contributed by atoms with Crippen LogP contribution in [0.5, 0.6) is 0 Å². The molecule has 0 aliphatic heterocycles. The summed E-state index contributed by atoms with van der Waals surface area (Å²) in [5, 5.41) is 5.91. The lowest BCUT2D eigenvalue weighted by Gasteiger charge is -2.02. The maximum absolute atomic E-state index is 10.9. The number of thiophene rings is 1. The first-order valence-electron chi connectivity index (χ1n) is 4.88. The Morgan fingerprint density at radius 2 is 2.33 bits per heavy atom. The molecule has 0 bridgehead atoms. The number of nitrogens with one attached hydrogen (secondary N) is 2. The van der Waals surface area contributed by atoms with E-state index >= 15 is 0 Å². The van der Waals surface area contributed by atoms with Crippen LogP contribution >= 0.6 is 27.3 Å². The minimum Gasteiger partial charge on any atom is -0.359 e. The van der Waals surface area contributed by atoms with Crippen LogP contribution in [-0.4, -0.2) is 19.5 Å². The maximum Gasteiger partial charge on any atom is 0.219 e. The molecule has 1 aromatic rings. The van der Waals surface area contributed by atoms with Crippen molar-refractivity contribution in [1.82, 2.24) is 10.6 Å². The van der Waals surface area contributed by atoms with Gasteiger partial charge in [0.15, 0.2) is 0 Å². The molecule has 0 fully saturated rings. The first-order valence-corrected chi connectivity index (χ1v) is 6.49. The van der Waals surface area contributed by atoms with Gasteiger partial charge < -0.3 is 10.6 Å². The molecule has 0 spiro atoms. The summed E-state index contributed by atoms with van der Waals surface area (Å²) in [5.41, 5.74) is 0. The molecule has 0 aromatic carbocycles. The molecule has 2 N–H and O–H groups in total. The zero-order valence-corrected chi connectivity index (χ0v) is 11.1. The van der Waals surface area contributed by atoms with Crippen LogP contribution in [0.15, 0.2) is 15.9 Å². The molecular weight excluding hydrogens is 276 g/mol. The van der Waals surface area contributed by atoms with E-state index in [1.165, 1.54) is 4.88 Å². The van der Waals surface area contributed by atoms with Gasteiger partial charge in [0.2, 0.25) is 5.91 Å². The molecule has 3 nitrogen and oxygen atoms in total. The molecule has 0 saturated carbocycles. The lowest BCUT2D eigenvalue weighted by molar-refractivity contribution is -0.120. The van der Waals surface area contributed by atoms with Crippen LogP contribution in [0.4, 0.5) is 0 Å². The minimum absolute atomic E-state index is 0.107. The molecule has 5 heteroatoms. The summed E-state index contributed by atoms with van der Waals surface area (Å²) >= 11 is 5.15. The van der Waals surface area contributed by atoms with E-state index < -0.39 is 0 Å². The highest BCUT2D eigenvalue weighted by Gasteiger charge is 1.98. The van der Waals surface area contributed by atoms with Crippen molar-refractivity contribution in [2.75, 3.05) is 13.6 Å². The molecule has 0 aliphatic carbocycles. The van der Waals surface area contributed by atoms with Crippen molar-refractivity contribution < 1.29 is 4.79 Å². The number of amides is 1. The Bertz CT molecular complexity index is 314. The molecule has 1 heterocycles. The van der Waals surface area contributed by atoms with Crippen LogP contribution < -0.4 is 10.6 Å². The van der Waals surface area contributed by atoms with Crippen LogP contribution in [0.2, 0.25) is 0 Å². The molecule has 1 aromatic heterocycles. The third-order valence-electron chi connectivity index (χ3n) is 1.96. The Balaban J connectivity index is 2.05. The lowest BCUT2D eigenvalue weighted by atomic mass is 10.3. The van der Waals surface area contributed by atoms with Crippen molar-refractivity contribution in [1.29, 1.82) is 0 Å². The molecule has 0 radical (unpaired) electrons. The number of hydrogen-bond acceptors (Lipinski definition) is 3. The van der Waals surface area contributed by atoms with Gasteiger partial charge in [-0.2, -0.15) is 0 Å². The van der Waals surface area contributed by atoms with Crippen molar-refractivity contribution in [3.8, 4) is 0 Å². The van der Waals surface area contributed by atoms with Gasteiger partial charge in [0.1, 0.15) is 0 Å². The predicted octanol–water partition coefficient (Wildman–Crippen LogP) is 2.13. The van der Waals surface area contributed by atoms with Crippen LogP contribution in [0, 0.1) is 0 Å². The number of halogens is 1. The maximum atomic E-state index is 10.9. The van der Waals surface area contributed by atoms with E-state index in [4.69, 9.17) is 0 Å². The van der Waals surface area contributed by atoms with Gasteiger partial charge in [-0.3, -0.25) is 4.79 Å². The molecule has 0 saturated heterocycles. The smallest absolute Gasteiger partial charge is 0.219 e. The van der Waals surface area contributed by atoms with Crippen molar-refractivity contribution in [2.24, 2.45) is 0 Å². The molecule has 1 amide bonds. The van der Waals surface area contributed by atoms with Gasteiger partial charge in [-0.15, -0.1) is 11.3 Å². The van der Waals surface area contributed by atoms with E-state index in [2.05, 4.69) is 32.6 Å². The molecule has 84 valence electrons. The normalized spacial score (nSPS) is 10.3. The van der Waals surface area contributed by atoms with E-state index in [1.54, 1.807) is 18.4 Å². The second kappa shape index (κ2) is 6.98. The SMILES string of the molecule is CNC(=O)CCCNCc1ccc(Br)s1. The minimum atomic E-state index is 0.107. The summed E-state index contributed by atoms with van der Waals surface area (Å²) in [4.78, 5) is 12.2. The van der Waals surface area contributed by atoms with Gasteiger partial charge in [-0.05, 0) is 41.0 Å². The van der Waals surface area contributed by atoms with Gasteiger partial charge in [0.05, 0.1) is 3.79 Å². The molecule has 0 aliphatic rings. The summed E-state index contributed by atoms with van der Waals surface area (Å²) in [7, 11) is 1.67.